The van der Waals surface area contributed by atoms with Crippen molar-refractivity contribution in [3.8, 4) is 23.2 Å². The van der Waals surface area contributed by atoms with Crippen LogP contribution in [0.15, 0.2) is 18.2 Å². The zero-order valence-electron chi connectivity index (χ0n) is 24.0. The fourth-order valence-corrected chi connectivity index (χ4v) is 8.63. The number of thiophene rings is 1. The number of fused-ring (bicyclic) bond motifs is 3. The van der Waals surface area contributed by atoms with Gasteiger partial charge in [-0.1, -0.05) is 17.7 Å². The number of nitrogens with zero attached hydrogens (tertiary/aromatic N) is 5. The fraction of sp³-hybridized carbons (Fsp3) is 0.452. The highest BCUT2D eigenvalue weighted by atomic mass is 35.5. The molecule has 13 heteroatoms. The minimum absolute atomic E-state index is 0.0143. The Morgan fingerprint density at radius 3 is 2.82 bits per heavy atom. The first kappa shape index (κ1) is 29.3. The minimum atomic E-state index is -0.944. The smallest absolute Gasteiger partial charge is 0.319 e. The summed E-state index contributed by atoms with van der Waals surface area (Å²) in [7, 11) is 0. The lowest BCUT2D eigenvalue weighted by Gasteiger charge is -2.35. The van der Waals surface area contributed by atoms with Crippen molar-refractivity contribution in [2.24, 2.45) is 0 Å². The molecule has 3 saturated heterocycles. The molecule has 7 rings (SSSR count). The lowest BCUT2D eigenvalue weighted by molar-refractivity contribution is 0.107. The molecule has 2 aromatic heterocycles. The lowest BCUT2D eigenvalue weighted by Crippen LogP contribution is -2.45. The molecule has 0 bridgehead atoms. The summed E-state index contributed by atoms with van der Waals surface area (Å²) in [6.45, 7) is 3.62. The Morgan fingerprint density at radius 2 is 2.05 bits per heavy atom. The molecule has 3 aliphatic rings. The number of benzene rings is 2. The maximum absolute atomic E-state index is 16.9. The van der Waals surface area contributed by atoms with Gasteiger partial charge in [0, 0.05) is 35.8 Å². The van der Waals surface area contributed by atoms with Crippen molar-refractivity contribution in [2.75, 3.05) is 43.5 Å². The number of nitrogen functional groups attached to an aromatic ring is 1. The number of ether oxygens (including phenoxy) is 1. The molecule has 0 unspecified atom stereocenters. The van der Waals surface area contributed by atoms with Crippen molar-refractivity contribution in [3.05, 3.63) is 40.4 Å². The van der Waals surface area contributed by atoms with Crippen LogP contribution < -0.4 is 15.4 Å². The molecule has 3 atom stereocenters. The van der Waals surface area contributed by atoms with Gasteiger partial charge in [0.25, 0.3) is 0 Å². The number of alkyl halides is 1. The first-order valence-corrected chi connectivity index (χ1v) is 15.8. The Balaban J connectivity index is 1.42. The molecule has 8 nitrogen and oxygen atoms in total. The molecule has 230 valence electrons. The van der Waals surface area contributed by atoms with Crippen LogP contribution in [-0.2, 0) is 0 Å². The Labute approximate surface area is 260 Å². The van der Waals surface area contributed by atoms with Crippen LogP contribution in [0.5, 0.6) is 6.01 Å². The minimum Gasteiger partial charge on any atom is -0.461 e. The standard InChI is InChI=1S/C31H30ClF3N6O2S/c1-30(14-42)6-2-9-41(30)28-18-10-20(32)23(17-4-5-21(34)26-22(17)19(12-36)27(37)44-26)24(35)25(18)38-29(39-28)43-15-31-7-3-8-40(31)13-16(33)11-31/h4-5,10,16,42H,2-3,6-9,11,13-15,37H2,1H3/t16-,30-,31+/m1/s1. The molecule has 3 aliphatic heterocycles. The van der Waals surface area contributed by atoms with Gasteiger partial charge < -0.3 is 20.5 Å². The van der Waals surface area contributed by atoms with Crippen LogP contribution in [0.25, 0.3) is 32.1 Å². The summed E-state index contributed by atoms with van der Waals surface area (Å²) in [6, 6.07) is 6.07. The van der Waals surface area contributed by atoms with Gasteiger partial charge in [0.2, 0.25) is 0 Å². The quantitative estimate of drug-likeness (QED) is 0.256. The number of aromatic nitrogens is 2. The van der Waals surface area contributed by atoms with Gasteiger partial charge in [-0.3, -0.25) is 4.90 Å². The first-order valence-electron chi connectivity index (χ1n) is 14.6. The van der Waals surface area contributed by atoms with Crippen molar-refractivity contribution in [3.63, 3.8) is 0 Å². The molecule has 0 spiro atoms. The number of nitrogens with two attached hydrogens (primary N) is 1. The number of hydrogen-bond acceptors (Lipinski definition) is 9. The zero-order valence-corrected chi connectivity index (χ0v) is 25.5. The van der Waals surface area contributed by atoms with Crippen molar-refractivity contribution < 1.29 is 23.0 Å². The number of anilines is 2. The Morgan fingerprint density at radius 1 is 1.25 bits per heavy atom. The van der Waals surface area contributed by atoms with Gasteiger partial charge in [0.1, 0.15) is 41.0 Å². The number of rotatable bonds is 6. The van der Waals surface area contributed by atoms with Crippen LogP contribution in [-0.4, -0.2) is 70.1 Å². The van der Waals surface area contributed by atoms with E-state index in [1.54, 1.807) is 6.07 Å². The third-order valence-corrected chi connectivity index (χ3v) is 10.9. The van der Waals surface area contributed by atoms with Gasteiger partial charge in [0.05, 0.1) is 33.0 Å². The topological polar surface area (TPSA) is 112 Å². The van der Waals surface area contributed by atoms with E-state index < -0.39 is 28.9 Å². The normalized spacial score (nSPS) is 25.3. The van der Waals surface area contributed by atoms with Gasteiger partial charge in [-0.15, -0.1) is 11.3 Å². The Kier molecular flexibility index (Phi) is 7.08. The van der Waals surface area contributed by atoms with Crippen molar-refractivity contribution in [1.82, 2.24) is 14.9 Å². The van der Waals surface area contributed by atoms with Crippen LogP contribution >= 0.6 is 22.9 Å². The number of halogens is 4. The van der Waals surface area contributed by atoms with Crippen molar-refractivity contribution in [1.29, 1.82) is 5.26 Å². The highest BCUT2D eigenvalue weighted by molar-refractivity contribution is 7.23. The van der Waals surface area contributed by atoms with Gasteiger partial charge in [-0.05, 0) is 56.8 Å². The van der Waals surface area contributed by atoms with Crippen LogP contribution in [0.1, 0.15) is 44.6 Å². The number of aliphatic hydroxyl groups is 1. The number of hydrogen-bond donors (Lipinski definition) is 2. The van der Waals surface area contributed by atoms with E-state index in [4.69, 9.17) is 27.1 Å². The van der Waals surface area contributed by atoms with E-state index in [2.05, 4.69) is 9.88 Å². The monoisotopic (exact) mass is 642 g/mol. The van der Waals surface area contributed by atoms with E-state index in [0.717, 1.165) is 37.1 Å². The van der Waals surface area contributed by atoms with Crippen LogP contribution in [0.2, 0.25) is 5.02 Å². The van der Waals surface area contributed by atoms with Crippen LogP contribution in [0.4, 0.5) is 24.0 Å². The first-order chi connectivity index (χ1) is 21.1. The second-order valence-corrected chi connectivity index (χ2v) is 13.8. The summed E-state index contributed by atoms with van der Waals surface area (Å²) < 4.78 is 52.4. The third-order valence-electron chi connectivity index (χ3n) is 9.62. The lowest BCUT2D eigenvalue weighted by atomic mass is 9.95. The number of aliphatic hydroxyl groups excluding tert-OH is 1. The Bertz CT molecular complexity index is 1870. The van der Waals surface area contributed by atoms with Gasteiger partial charge in [-0.25, -0.2) is 13.2 Å². The molecule has 0 radical (unpaired) electrons. The molecule has 3 N–H and O–H groups in total. The predicted octanol–water partition coefficient (Wildman–Crippen LogP) is 6.20. The molecule has 3 fully saturated rings. The average molecular weight is 643 g/mol. The van der Waals surface area contributed by atoms with E-state index in [1.807, 2.05) is 17.9 Å². The summed E-state index contributed by atoms with van der Waals surface area (Å²) >= 11 is 7.70. The molecule has 44 heavy (non-hydrogen) atoms. The fourth-order valence-electron chi connectivity index (χ4n) is 7.38. The second kappa shape index (κ2) is 10.6. The molecular formula is C31H30ClF3N6O2S. The van der Waals surface area contributed by atoms with E-state index in [1.165, 1.54) is 12.1 Å². The summed E-state index contributed by atoms with van der Waals surface area (Å²) in [6.07, 6.45) is 2.60. The largest absolute Gasteiger partial charge is 0.461 e. The molecule has 5 heterocycles. The molecule has 4 aromatic rings. The zero-order chi connectivity index (χ0) is 31.0. The van der Waals surface area contributed by atoms with E-state index in [9.17, 15) is 19.1 Å². The Hall–Kier alpha value is -3.37. The van der Waals surface area contributed by atoms with Crippen LogP contribution in [0.3, 0.4) is 0 Å². The SMILES string of the molecule is C[C@]1(CO)CCCN1c1nc(OC[C@@]23CCCN2C[C@H](F)C3)nc2c(F)c(-c3ccc(F)c4sc(N)c(C#N)c34)c(Cl)cc12. The van der Waals surface area contributed by atoms with Crippen molar-refractivity contribution in [2.45, 2.75) is 56.3 Å². The molecular weight excluding hydrogens is 613 g/mol. The van der Waals surface area contributed by atoms with Crippen molar-refractivity contribution >= 4 is 54.7 Å². The maximum Gasteiger partial charge on any atom is 0.319 e. The van der Waals surface area contributed by atoms with E-state index in [0.29, 0.717) is 37.1 Å². The maximum atomic E-state index is 16.9. The van der Waals surface area contributed by atoms with Gasteiger partial charge in [-0.2, -0.15) is 15.2 Å². The summed E-state index contributed by atoms with van der Waals surface area (Å²) in [5.41, 5.74) is 5.02. The second-order valence-electron chi connectivity index (χ2n) is 12.3. The molecule has 0 aliphatic carbocycles. The molecule has 2 aromatic carbocycles. The van der Waals surface area contributed by atoms with E-state index in [-0.39, 0.29) is 61.5 Å². The summed E-state index contributed by atoms with van der Waals surface area (Å²) in [4.78, 5) is 13.3. The van der Waals surface area contributed by atoms with Gasteiger partial charge in [0.15, 0.2) is 5.82 Å². The average Bonchev–Trinajstić information content (AvgIpc) is 3.74. The van der Waals surface area contributed by atoms with Crippen LogP contribution in [0, 0.1) is 23.0 Å². The predicted molar refractivity (Wildman–Crippen MR) is 165 cm³/mol. The van der Waals surface area contributed by atoms with E-state index >= 15 is 4.39 Å². The van der Waals surface area contributed by atoms with Gasteiger partial charge >= 0.3 is 6.01 Å². The summed E-state index contributed by atoms with van der Waals surface area (Å²) in [5.74, 6) is -1.01. The third kappa shape index (κ3) is 4.39. The number of nitriles is 1. The highest BCUT2D eigenvalue weighted by Crippen LogP contribution is 2.47. The molecule has 0 saturated carbocycles. The molecule has 0 amide bonds. The highest BCUT2D eigenvalue weighted by Gasteiger charge is 2.49. The summed E-state index contributed by atoms with van der Waals surface area (Å²) in [5, 5.41) is 20.8.